The first-order valence-electron chi connectivity index (χ1n) is 5.95. The van der Waals surface area contributed by atoms with Gasteiger partial charge in [0.1, 0.15) is 5.75 Å². The highest BCUT2D eigenvalue weighted by atomic mass is 16.5. The van der Waals surface area contributed by atoms with Gasteiger partial charge in [-0.1, -0.05) is 32.9 Å². The lowest BCUT2D eigenvalue weighted by molar-refractivity contribution is -0.128. The Morgan fingerprint density at radius 2 is 2.00 bits per heavy atom. The average Bonchev–Trinajstić information content (AvgIpc) is 2.31. The normalized spacial score (nSPS) is 15.1. The van der Waals surface area contributed by atoms with Gasteiger partial charge in [0.2, 0.25) is 0 Å². The van der Waals surface area contributed by atoms with Gasteiger partial charge in [0.15, 0.2) is 12.4 Å². The lowest BCUT2D eigenvalue weighted by atomic mass is 9.90. The molecule has 0 spiro atoms. The molecular weight excluding hydrogens is 230 g/mol. The zero-order valence-electron chi connectivity index (χ0n) is 10.9. The fourth-order valence-corrected chi connectivity index (χ4v) is 1.71. The number of carbonyl (C=O) groups is 2. The number of hydrogen-bond acceptors (Lipinski definition) is 3. The van der Waals surface area contributed by atoms with Crippen molar-refractivity contribution in [2.75, 3.05) is 18.1 Å². The Morgan fingerprint density at radius 1 is 1.33 bits per heavy atom. The predicted molar refractivity (Wildman–Crippen MR) is 68.8 cm³/mol. The van der Waals surface area contributed by atoms with Gasteiger partial charge < -0.3 is 4.74 Å². The maximum atomic E-state index is 12.1. The van der Waals surface area contributed by atoms with Crippen LogP contribution >= 0.6 is 0 Å². The number of ketones is 1. The molecule has 4 heteroatoms. The molecule has 0 saturated carbocycles. The Labute approximate surface area is 107 Å². The van der Waals surface area contributed by atoms with E-state index in [0.29, 0.717) is 11.4 Å². The SMILES string of the molecule is CC(C)(C)C(=O)CN1C(=O)COc2ccccc21. The lowest BCUT2D eigenvalue weighted by Crippen LogP contribution is -2.44. The number of rotatable bonds is 2. The van der Waals surface area contributed by atoms with Crippen molar-refractivity contribution in [1.29, 1.82) is 0 Å². The van der Waals surface area contributed by atoms with Crippen molar-refractivity contribution in [3.05, 3.63) is 24.3 Å². The van der Waals surface area contributed by atoms with E-state index < -0.39 is 5.41 Å². The molecule has 0 saturated heterocycles. The number of ether oxygens (including phenoxy) is 1. The summed E-state index contributed by atoms with van der Waals surface area (Å²) < 4.78 is 5.33. The second kappa shape index (κ2) is 4.44. The van der Waals surface area contributed by atoms with Crippen molar-refractivity contribution in [1.82, 2.24) is 0 Å². The minimum absolute atomic E-state index is 0.00552. The minimum Gasteiger partial charge on any atom is -0.482 e. The quantitative estimate of drug-likeness (QED) is 0.803. The lowest BCUT2D eigenvalue weighted by Gasteiger charge is -2.30. The van der Waals surface area contributed by atoms with Crippen LogP contribution in [0.15, 0.2) is 24.3 Å². The van der Waals surface area contributed by atoms with Gasteiger partial charge in [-0.05, 0) is 12.1 Å². The van der Waals surface area contributed by atoms with Gasteiger partial charge in [0.25, 0.3) is 5.91 Å². The number of benzene rings is 1. The number of carbonyl (C=O) groups excluding carboxylic acids is 2. The molecule has 0 aliphatic carbocycles. The number of para-hydroxylation sites is 2. The number of hydrogen-bond donors (Lipinski definition) is 0. The molecule has 4 nitrogen and oxygen atoms in total. The molecule has 1 aliphatic rings. The van der Waals surface area contributed by atoms with Crippen LogP contribution in [-0.2, 0) is 9.59 Å². The monoisotopic (exact) mass is 247 g/mol. The summed E-state index contributed by atoms with van der Waals surface area (Å²) in [5.74, 6) is 0.512. The van der Waals surface area contributed by atoms with Gasteiger partial charge in [-0.25, -0.2) is 0 Å². The van der Waals surface area contributed by atoms with Crippen LogP contribution in [0.5, 0.6) is 5.75 Å². The van der Waals surface area contributed by atoms with Crippen LogP contribution in [0.4, 0.5) is 5.69 Å². The molecule has 0 N–H and O–H groups in total. The van der Waals surface area contributed by atoms with Crippen LogP contribution in [0.25, 0.3) is 0 Å². The second-order valence-electron chi connectivity index (χ2n) is 5.41. The standard InChI is InChI=1S/C14H17NO3/c1-14(2,3)12(16)8-15-10-6-4-5-7-11(10)18-9-13(15)17/h4-7H,8-9H2,1-3H3. The Kier molecular flexibility index (Phi) is 3.11. The van der Waals surface area contributed by atoms with Gasteiger partial charge in [-0.3, -0.25) is 14.5 Å². The first kappa shape index (κ1) is 12.6. The zero-order chi connectivity index (χ0) is 13.3. The summed E-state index contributed by atoms with van der Waals surface area (Å²) in [6.45, 7) is 5.65. The van der Waals surface area contributed by atoms with Crippen molar-refractivity contribution in [2.24, 2.45) is 5.41 Å². The number of nitrogens with zero attached hydrogens (tertiary/aromatic N) is 1. The molecule has 1 amide bonds. The van der Waals surface area contributed by atoms with E-state index >= 15 is 0 Å². The zero-order valence-corrected chi connectivity index (χ0v) is 10.9. The third-order valence-corrected chi connectivity index (χ3v) is 2.95. The van der Waals surface area contributed by atoms with Crippen molar-refractivity contribution < 1.29 is 14.3 Å². The largest absolute Gasteiger partial charge is 0.482 e. The van der Waals surface area contributed by atoms with E-state index in [1.54, 1.807) is 12.1 Å². The molecule has 2 rings (SSSR count). The summed E-state index contributed by atoms with van der Waals surface area (Å²) >= 11 is 0. The predicted octanol–water partition coefficient (Wildman–Crippen LogP) is 2.03. The van der Waals surface area contributed by atoms with Crippen LogP contribution < -0.4 is 9.64 Å². The topological polar surface area (TPSA) is 46.6 Å². The number of anilines is 1. The highest BCUT2D eigenvalue weighted by Gasteiger charge is 2.30. The molecule has 1 aliphatic heterocycles. The first-order valence-corrected chi connectivity index (χ1v) is 5.95. The van der Waals surface area contributed by atoms with Crippen molar-refractivity contribution >= 4 is 17.4 Å². The van der Waals surface area contributed by atoms with Crippen LogP contribution in [0.1, 0.15) is 20.8 Å². The van der Waals surface area contributed by atoms with Gasteiger partial charge in [-0.2, -0.15) is 0 Å². The van der Waals surface area contributed by atoms with Crippen molar-refractivity contribution in [3.8, 4) is 5.75 Å². The van der Waals surface area contributed by atoms with E-state index in [-0.39, 0.29) is 24.8 Å². The van der Waals surface area contributed by atoms with Crippen LogP contribution in [-0.4, -0.2) is 24.8 Å². The fourth-order valence-electron chi connectivity index (χ4n) is 1.71. The number of fused-ring (bicyclic) bond motifs is 1. The Bertz CT molecular complexity index is 488. The van der Waals surface area contributed by atoms with Gasteiger partial charge >= 0.3 is 0 Å². The summed E-state index contributed by atoms with van der Waals surface area (Å²) in [5.41, 5.74) is 0.222. The summed E-state index contributed by atoms with van der Waals surface area (Å²) in [7, 11) is 0. The van der Waals surface area contributed by atoms with E-state index in [2.05, 4.69) is 0 Å². The number of Topliss-reactive ketones (excluding diaryl/α,β-unsaturated/α-hetero) is 1. The van der Waals surface area contributed by atoms with E-state index in [9.17, 15) is 9.59 Å². The Morgan fingerprint density at radius 3 is 2.67 bits per heavy atom. The minimum atomic E-state index is -0.451. The molecule has 0 bridgehead atoms. The molecule has 18 heavy (non-hydrogen) atoms. The molecule has 0 aromatic heterocycles. The van der Waals surface area contributed by atoms with E-state index in [1.807, 2.05) is 32.9 Å². The summed E-state index contributed by atoms with van der Waals surface area (Å²) in [5, 5.41) is 0. The van der Waals surface area contributed by atoms with E-state index in [1.165, 1.54) is 4.90 Å². The first-order chi connectivity index (χ1) is 8.39. The van der Waals surface area contributed by atoms with E-state index in [0.717, 1.165) is 0 Å². The Hall–Kier alpha value is -1.84. The Balaban J connectivity index is 2.28. The molecule has 0 atom stereocenters. The van der Waals surface area contributed by atoms with Crippen LogP contribution in [0, 0.1) is 5.41 Å². The number of amides is 1. The second-order valence-corrected chi connectivity index (χ2v) is 5.41. The molecule has 1 aromatic carbocycles. The molecule has 1 heterocycles. The third kappa shape index (κ3) is 2.37. The summed E-state index contributed by atoms with van der Waals surface area (Å²) in [4.78, 5) is 25.4. The molecular formula is C14H17NO3. The van der Waals surface area contributed by atoms with E-state index in [4.69, 9.17) is 4.74 Å². The highest BCUT2D eigenvalue weighted by Crippen LogP contribution is 2.32. The van der Waals surface area contributed by atoms with Crippen LogP contribution in [0.2, 0.25) is 0 Å². The molecule has 0 radical (unpaired) electrons. The third-order valence-electron chi connectivity index (χ3n) is 2.95. The van der Waals surface area contributed by atoms with Crippen molar-refractivity contribution in [2.45, 2.75) is 20.8 Å². The van der Waals surface area contributed by atoms with Crippen LogP contribution in [0.3, 0.4) is 0 Å². The van der Waals surface area contributed by atoms with Gasteiger partial charge in [-0.15, -0.1) is 0 Å². The fraction of sp³-hybridized carbons (Fsp3) is 0.429. The molecule has 96 valence electrons. The van der Waals surface area contributed by atoms with Crippen molar-refractivity contribution in [3.63, 3.8) is 0 Å². The summed E-state index contributed by atoms with van der Waals surface area (Å²) in [6.07, 6.45) is 0. The smallest absolute Gasteiger partial charge is 0.265 e. The highest BCUT2D eigenvalue weighted by molar-refractivity contribution is 6.03. The van der Waals surface area contributed by atoms with Gasteiger partial charge in [0, 0.05) is 5.41 Å². The molecule has 0 unspecified atom stereocenters. The maximum Gasteiger partial charge on any atom is 0.265 e. The average molecular weight is 247 g/mol. The summed E-state index contributed by atoms with van der Waals surface area (Å²) in [6, 6.07) is 7.27. The molecule has 0 fully saturated rings. The van der Waals surface area contributed by atoms with Gasteiger partial charge in [0.05, 0.1) is 12.2 Å². The maximum absolute atomic E-state index is 12.1. The molecule has 1 aromatic rings.